The molecule has 0 bridgehead atoms. The average Bonchev–Trinajstić information content (AvgIpc) is 2.72. The summed E-state index contributed by atoms with van der Waals surface area (Å²) in [6.07, 6.45) is 1.66. The third kappa shape index (κ3) is 5.83. The van der Waals surface area contributed by atoms with E-state index in [0.717, 1.165) is 35.2 Å². The smallest absolute Gasteiger partial charge is 0.243 e. The molecule has 30 heavy (non-hydrogen) atoms. The van der Waals surface area contributed by atoms with Gasteiger partial charge in [-0.25, -0.2) is 0 Å². The summed E-state index contributed by atoms with van der Waals surface area (Å²) in [4.78, 5) is 26.6. The summed E-state index contributed by atoms with van der Waals surface area (Å²) in [5, 5.41) is 7.03. The quantitative estimate of drug-likeness (QED) is 0.609. The molecule has 0 unspecified atom stereocenters. The summed E-state index contributed by atoms with van der Waals surface area (Å²) in [6.45, 7) is 8.24. The molecule has 0 aromatic heterocycles. The molecule has 2 aromatic carbocycles. The highest BCUT2D eigenvalue weighted by molar-refractivity contribution is 6.30. The first-order chi connectivity index (χ1) is 14.2. The first-order valence-corrected chi connectivity index (χ1v) is 10.7. The number of hydrogen-bond donors (Lipinski definition) is 2. The largest absolute Gasteiger partial charge is 0.335 e. The highest BCUT2D eigenvalue weighted by Crippen LogP contribution is 2.29. The van der Waals surface area contributed by atoms with Gasteiger partial charge in [0.05, 0.1) is 13.1 Å². The Morgan fingerprint density at radius 2 is 1.57 bits per heavy atom. The molecule has 0 atom stereocenters. The highest BCUT2D eigenvalue weighted by Gasteiger charge is 2.29. The molecule has 0 aliphatic heterocycles. The van der Waals surface area contributed by atoms with E-state index < -0.39 is 0 Å². The number of aryl methyl sites for hydroxylation is 2. The number of carbonyl (C=O) groups is 2. The molecule has 5 nitrogen and oxygen atoms in total. The lowest BCUT2D eigenvalue weighted by atomic mass is 9.84. The molecule has 2 N–H and O–H groups in total. The lowest BCUT2D eigenvalue weighted by Gasteiger charge is -2.34. The van der Waals surface area contributed by atoms with Gasteiger partial charge in [0.1, 0.15) is 0 Å². The van der Waals surface area contributed by atoms with Crippen LogP contribution in [0.2, 0.25) is 5.02 Å². The van der Waals surface area contributed by atoms with Crippen LogP contribution in [0.5, 0.6) is 0 Å². The number of likely N-dealkylation sites (N-methyl/N-ethyl adjacent to an activating group) is 1. The van der Waals surface area contributed by atoms with E-state index in [2.05, 4.69) is 24.5 Å². The van der Waals surface area contributed by atoms with Crippen molar-refractivity contribution in [1.82, 2.24) is 10.2 Å². The molecule has 6 heteroatoms. The average molecular weight is 430 g/mol. The SMILES string of the molecule is CCC(CC)(NCC(=O)N(C)CC(=O)Nc1c(C)cccc1C)c1ccc(Cl)cc1. The molecule has 162 valence electrons. The molecule has 2 amide bonds. The molecule has 0 radical (unpaired) electrons. The van der Waals surface area contributed by atoms with Crippen LogP contribution in [0.15, 0.2) is 42.5 Å². The van der Waals surface area contributed by atoms with E-state index in [1.807, 2.05) is 56.3 Å². The minimum absolute atomic E-state index is 0.000479. The van der Waals surface area contributed by atoms with Crippen LogP contribution in [0.25, 0.3) is 0 Å². The van der Waals surface area contributed by atoms with Crippen LogP contribution in [-0.2, 0) is 15.1 Å². The minimum Gasteiger partial charge on any atom is -0.335 e. The van der Waals surface area contributed by atoms with Crippen molar-refractivity contribution >= 4 is 29.1 Å². The van der Waals surface area contributed by atoms with E-state index in [4.69, 9.17) is 11.6 Å². The number of carbonyl (C=O) groups excluding carboxylic acids is 2. The molecule has 2 rings (SSSR count). The summed E-state index contributed by atoms with van der Waals surface area (Å²) in [5.41, 5.74) is 3.58. The molecule has 2 aromatic rings. The number of para-hydroxylation sites is 1. The second-order valence-corrected chi connectivity index (χ2v) is 8.15. The zero-order valence-electron chi connectivity index (χ0n) is 18.5. The van der Waals surface area contributed by atoms with Gasteiger partial charge in [0.2, 0.25) is 11.8 Å². The summed E-state index contributed by atoms with van der Waals surface area (Å²) in [7, 11) is 1.65. The summed E-state index contributed by atoms with van der Waals surface area (Å²) in [6, 6.07) is 13.6. The van der Waals surface area contributed by atoms with Crippen molar-refractivity contribution in [3.8, 4) is 0 Å². The van der Waals surface area contributed by atoms with Crippen LogP contribution in [-0.4, -0.2) is 36.9 Å². The van der Waals surface area contributed by atoms with Crippen LogP contribution < -0.4 is 10.6 Å². The lowest BCUT2D eigenvalue weighted by Crippen LogP contribution is -2.48. The molecule has 0 saturated heterocycles. The third-order valence-corrected chi connectivity index (χ3v) is 5.99. The van der Waals surface area contributed by atoms with Gasteiger partial charge in [0.15, 0.2) is 0 Å². The Morgan fingerprint density at radius 3 is 2.10 bits per heavy atom. The van der Waals surface area contributed by atoms with Gasteiger partial charge in [-0.2, -0.15) is 0 Å². The van der Waals surface area contributed by atoms with Gasteiger partial charge in [-0.1, -0.05) is 55.8 Å². The topological polar surface area (TPSA) is 61.4 Å². The Morgan fingerprint density at radius 1 is 1.00 bits per heavy atom. The zero-order valence-corrected chi connectivity index (χ0v) is 19.3. The Hall–Kier alpha value is -2.37. The third-order valence-electron chi connectivity index (χ3n) is 5.73. The van der Waals surface area contributed by atoms with E-state index >= 15 is 0 Å². The van der Waals surface area contributed by atoms with Gasteiger partial charge in [-0.05, 0) is 55.5 Å². The van der Waals surface area contributed by atoms with E-state index in [-0.39, 0.29) is 30.4 Å². The van der Waals surface area contributed by atoms with Gasteiger partial charge < -0.3 is 10.2 Å². The van der Waals surface area contributed by atoms with Gasteiger partial charge >= 0.3 is 0 Å². The number of halogens is 1. The standard InChI is InChI=1S/C24H32ClN3O2/c1-6-24(7-2,19-11-13-20(25)14-12-19)26-15-22(30)28(5)16-21(29)27-23-17(3)9-8-10-18(23)4/h8-14,26H,6-7,15-16H2,1-5H3,(H,27,29). The fourth-order valence-electron chi connectivity index (χ4n) is 3.65. The van der Waals surface area contributed by atoms with Gasteiger partial charge in [-0.3, -0.25) is 14.9 Å². The molecular formula is C24H32ClN3O2. The maximum atomic E-state index is 12.7. The number of nitrogens with one attached hydrogen (secondary N) is 2. The van der Waals surface area contributed by atoms with Crippen LogP contribution in [0.1, 0.15) is 43.4 Å². The van der Waals surface area contributed by atoms with E-state index in [1.165, 1.54) is 4.90 Å². The van der Waals surface area contributed by atoms with Crippen molar-refractivity contribution in [1.29, 1.82) is 0 Å². The Kier molecular flexibility index (Phi) is 8.44. The minimum atomic E-state index is -0.318. The number of anilines is 1. The molecule has 0 aliphatic rings. The van der Waals surface area contributed by atoms with E-state index in [1.54, 1.807) is 7.05 Å². The Labute approximate surface area is 184 Å². The summed E-state index contributed by atoms with van der Waals surface area (Å²) < 4.78 is 0. The number of hydrogen-bond acceptors (Lipinski definition) is 3. The molecule has 0 spiro atoms. The normalized spacial score (nSPS) is 11.3. The van der Waals surface area contributed by atoms with Gasteiger partial charge in [0, 0.05) is 23.3 Å². The van der Waals surface area contributed by atoms with Crippen LogP contribution in [0, 0.1) is 13.8 Å². The van der Waals surface area contributed by atoms with Gasteiger partial charge in [0.25, 0.3) is 0 Å². The predicted octanol–water partition coefficient (Wildman–Crippen LogP) is 4.66. The number of nitrogens with zero attached hydrogens (tertiary/aromatic N) is 1. The molecule has 0 aliphatic carbocycles. The maximum Gasteiger partial charge on any atom is 0.243 e. The lowest BCUT2D eigenvalue weighted by molar-refractivity contribution is -0.132. The maximum absolute atomic E-state index is 12.7. The molecule has 0 heterocycles. The first kappa shape index (κ1) is 23.9. The van der Waals surface area contributed by atoms with Crippen molar-refractivity contribution < 1.29 is 9.59 Å². The molecular weight excluding hydrogens is 398 g/mol. The monoisotopic (exact) mass is 429 g/mol. The van der Waals surface area contributed by atoms with Crippen LogP contribution >= 0.6 is 11.6 Å². The fourth-order valence-corrected chi connectivity index (χ4v) is 3.78. The molecule has 0 saturated carbocycles. The fraction of sp³-hybridized carbons (Fsp3) is 0.417. The van der Waals surface area contributed by atoms with E-state index in [9.17, 15) is 9.59 Å². The number of benzene rings is 2. The second-order valence-electron chi connectivity index (χ2n) is 7.71. The zero-order chi connectivity index (χ0) is 22.3. The van der Waals surface area contributed by atoms with Gasteiger partial charge in [-0.15, -0.1) is 0 Å². The number of amides is 2. The van der Waals surface area contributed by atoms with Crippen LogP contribution in [0.4, 0.5) is 5.69 Å². The highest BCUT2D eigenvalue weighted by atomic mass is 35.5. The predicted molar refractivity (Wildman–Crippen MR) is 124 cm³/mol. The molecule has 0 fully saturated rings. The number of rotatable bonds is 9. The first-order valence-electron chi connectivity index (χ1n) is 10.3. The second kappa shape index (κ2) is 10.6. The summed E-state index contributed by atoms with van der Waals surface area (Å²) >= 11 is 6.02. The Balaban J connectivity index is 1.98. The van der Waals surface area contributed by atoms with Crippen molar-refractivity contribution in [3.63, 3.8) is 0 Å². The Bertz CT molecular complexity index is 856. The van der Waals surface area contributed by atoms with Crippen molar-refractivity contribution in [2.45, 2.75) is 46.1 Å². The van der Waals surface area contributed by atoms with Crippen LogP contribution in [0.3, 0.4) is 0 Å². The van der Waals surface area contributed by atoms with Crippen molar-refractivity contribution in [2.75, 3.05) is 25.5 Å². The summed E-state index contributed by atoms with van der Waals surface area (Å²) in [5.74, 6) is -0.343. The van der Waals surface area contributed by atoms with Crippen molar-refractivity contribution in [3.05, 3.63) is 64.2 Å². The van der Waals surface area contributed by atoms with E-state index in [0.29, 0.717) is 5.02 Å². The van der Waals surface area contributed by atoms with Crippen molar-refractivity contribution in [2.24, 2.45) is 0 Å².